The summed E-state index contributed by atoms with van der Waals surface area (Å²) in [5.74, 6) is 1.29. The number of methoxy groups -OCH3 is 2. The highest BCUT2D eigenvalue weighted by atomic mass is 32.2. The molecule has 0 atom stereocenters. The molecule has 1 aliphatic rings. The molecule has 0 aliphatic carbocycles. The third-order valence-corrected chi connectivity index (χ3v) is 7.53. The second-order valence-electron chi connectivity index (χ2n) is 8.76. The molecule has 0 spiro atoms. The number of carbonyl (C=O) groups excluding carboxylic acids is 1. The van der Waals surface area contributed by atoms with Gasteiger partial charge in [0.25, 0.3) is 5.91 Å². The molecule has 1 heterocycles. The zero-order valence-electron chi connectivity index (χ0n) is 21.1. The number of benzene rings is 4. The monoisotopic (exact) mass is 511 g/mol. The molecule has 0 unspecified atom stereocenters. The fraction of sp³-hybridized carbons (Fsp3) is 0.167. The van der Waals surface area contributed by atoms with E-state index >= 15 is 0 Å². The first-order valence-electron chi connectivity index (χ1n) is 12.1. The number of hydrogen-bond acceptors (Lipinski definition) is 6. The van der Waals surface area contributed by atoms with Crippen LogP contribution in [0.5, 0.6) is 11.5 Å². The van der Waals surface area contributed by atoms with Crippen molar-refractivity contribution in [1.82, 2.24) is 0 Å². The Morgan fingerprint density at radius 3 is 2.43 bits per heavy atom. The lowest BCUT2D eigenvalue weighted by Crippen LogP contribution is -2.20. The first-order chi connectivity index (χ1) is 18.1. The number of hydrogen-bond donors (Lipinski definition) is 2. The standard InChI is InChI=1S/C30H29N3O3S/c1-33(22-15-16-25(35-2)26(19-22)36-3)18-17-20-11-13-21(14-12-20)31-30(34)23-7-6-10-28-29(23)32-24-8-4-5-9-27(24)37-28/h4-16,19,32H,17-18H2,1-3H3,(H,31,34). The van der Waals surface area contributed by atoms with Crippen LogP contribution < -0.4 is 25.0 Å². The van der Waals surface area contributed by atoms with Crippen LogP contribution in [0.15, 0.2) is 94.7 Å². The summed E-state index contributed by atoms with van der Waals surface area (Å²) in [6.07, 6.45) is 0.867. The SMILES string of the molecule is COc1ccc(N(C)CCc2ccc(NC(=O)c3cccc4c3Nc3ccccc3S4)cc2)cc1OC. The number of likely N-dealkylation sites (N-methyl/N-ethyl adjacent to an activating group) is 1. The van der Waals surface area contributed by atoms with Crippen molar-refractivity contribution < 1.29 is 14.3 Å². The van der Waals surface area contributed by atoms with Crippen LogP contribution in [0.1, 0.15) is 15.9 Å². The van der Waals surface area contributed by atoms with E-state index in [0.717, 1.165) is 45.5 Å². The molecule has 37 heavy (non-hydrogen) atoms. The zero-order valence-corrected chi connectivity index (χ0v) is 21.9. The summed E-state index contributed by atoms with van der Waals surface area (Å²) in [6, 6.07) is 27.9. The number of nitrogens with one attached hydrogen (secondary N) is 2. The largest absolute Gasteiger partial charge is 0.493 e. The van der Waals surface area contributed by atoms with Gasteiger partial charge in [-0.25, -0.2) is 0 Å². The smallest absolute Gasteiger partial charge is 0.257 e. The van der Waals surface area contributed by atoms with Crippen LogP contribution in [-0.2, 0) is 6.42 Å². The van der Waals surface area contributed by atoms with Crippen LogP contribution >= 0.6 is 11.8 Å². The average molecular weight is 512 g/mol. The van der Waals surface area contributed by atoms with Crippen LogP contribution in [0.2, 0.25) is 0 Å². The number of anilines is 4. The summed E-state index contributed by atoms with van der Waals surface area (Å²) in [7, 11) is 5.33. The zero-order chi connectivity index (χ0) is 25.8. The van der Waals surface area contributed by atoms with E-state index in [1.54, 1.807) is 26.0 Å². The van der Waals surface area contributed by atoms with Gasteiger partial charge in [0.05, 0.1) is 31.2 Å². The van der Waals surface area contributed by atoms with Crippen molar-refractivity contribution in [1.29, 1.82) is 0 Å². The highest BCUT2D eigenvalue weighted by Crippen LogP contribution is 2.45. The van der Waals surface area contributed by atoms with E-state index < -0.39 is 0 Å². The molecule has 1 aliphatic heterocycles. The van der Waals surface area contributed by atoms with Gasteiger partial charge in [-0.1, -0.05) is 42.1 Å². The Morgan fingerprint density at radius 2 is 1.65 bits per heavy atom. The molecule has 6 nitrogen and oxygen atoms in total. The highest BCUT2D eigenvalue weighted by molar-refractivity contribution is 7.99. The molecule has 4 aromatic carbocycles. The van der Waals surface area contributed by atoms with Crippen molar-refractivity contribution in [3.63, 3.8) is 0 Å². The second-order valence-corrected chi connectivity index (χ2v) is 9.85. The number of ether oxygens (including phenoxy) is 2. The van der Waals surface area contributed by atoms with Gasteiger partial charge >= 0.3 is 0 Å². The lowest BCUT2D eigenvalue weighted by molar-refractivity contribution is 0.102. The molecule has 188 valence electrons. The van der Waals surface area contributed by atoms with E-state index in [0.29, 0.717) is 17.1 Å². The van der Waals surface area contributed by atoms with E-state index in [9.17, 15) is 4.79 Å². The Balaban J connectivity index is 1.21. The van der Waals surface area contributed by atoms with E-state index in [2.05, 4.69) is 40.8 Å². The van der Waals surface area contributed by atoms with Crippen molar-refractivity contribution in [2.75, 3.05) is 43.3 Å². The maximum atomic E-state index is 13.2. The Morgan fingerprint density at radius 1 is 0.892 bits per heavy atom. The molecule has 0 radical (unpaired) electrons. The normalized spacial score (nSPS) is 11.5. The van der Waals surface area contributed by atoms with Crippen LogP contribution in [0.25, 0.3) is 0 Å². The van der Waals surface area contributed by atoms with Gasteiger partial charge in [-0.3, -0.25) is 4.79 Å². The predicted molar refractivity (Wildman–Crippen MR) is 151 cm³/mol. The van der Waals surface area contributed by atoms with Crippen LogP contribution in [0, 0.1) is 0 Å². The molecule has 0 fully saturated rings. The van der Waals surface area contributed by atoms with Gasteiger partial charge in [0.2, 0.25) is 0 Å². The summed E-state index contributed by atoms with van der Waals surface area (Å²) >= 11 is 1.67. The number of nitrogens with zero attached hydrogens (tertiary/aromatic N) is 1. The predicted octanol–water partition coefficient (Wildman–Crippen LogP) is 6.84. The molecule has 0 bridgehead atoms. The molecule has 5 rings (SSSR count). The molecule has 7 heteroatoms. The maximum Gasteiger partial charge on any atom is 0.257 e. The Kier molecular flexibility index (Phi) is 7.23. The van der Waals surface area contributed by atoms with Crippen molar-refractivity contribution >= 4 is 40.4 Å². The maximum absolute atomic E-state index is 13.2. The van der Waals surface area contributed by atoms with Crippen LogP contribution in [0.3, 0.4) is 0 Å². The van der Waals surface area contributed by atoms with Crippen molar-refractivity contribution in [2.24, 2.45) is 0 Å². The summed E-state index contributed by atoms with van der Waals surface area (Å²) in [4.78, 5) is 17.5. The van der Waals surface area contributed by atoms with E-state index in [-0.39, 0.29) is 5.91 Å². The number of amides is 1. The average Bonchev–Trinajstić information content (AvgIpc) is 2.94. The molecule has 1 amide bonds. The van der Waals surface area contributed by atoms with Crippen molar-refractivity contribution in [3.05, 3.63) is 96.1 Å². The first kappa shape index (κ1) is 24.6. The van der Waals surface area contributed by atoms with Gasteiger partial charge in [-0.2, -0.15) is 0 Å². The van der Waals surface area contributed by atoms with Crippen LogP contribution in [0.4, 0.5) is 22.7 Å². The van der Waals surface area contributed by atoms with E-state index in [1.165, 1.54) is 5.56 Å². The summed E-state index contributed by atoms with van der Waals surface area (Å²) in [5.41, 5.74) is 5.50. The molecule has 0 aromatic heterocycles. The third-order valence-electron chi connectivity index (χ3n) is 6.39. The van der Waals surface area contributed by atoms with Gasteiger partial charge in [0.1, 0.15) is 0 Å². The lowest BCUT2D eigenvalue weighted by atomic mass is 10.1. The quantitative estimate of drug-likeness (QED) is 0.238. The molecule has 0 saturated carbocycles. The van der Waals surface area contributed by atoms with Gasteiger partial charge in [-0.05, 0) is 60.5 Å². The summed E-state index contributed by atoms with van der Waals surface area (Å²) in [6.45, 7) is 0.835. The minimum Gasteiger partial charge on any atom is -0.493 e. The summed E-state index contributed by atoms with van der Waals surface area (Å²) in [5, 5.41) is 6.49. The second kappa shape index (κ2) is 10.9. The van der Waals surface area contributed by atoms with Gasteiger partial charge < -0.3 is 25.0 Å². The molecular formula is C30H29N3O3S. The minimum atomic E-state index is -0.134. The Bertz CT molecular complexity index is 1420. The number of para-hydroxylation sites is 2. The minimum absolute atomic E-state index is 0.134. The van der Waals surface area contributed by atoms with Crippen LogP contribution in [-0.4, -0.2) is 33.7 Å². The third kappa shape index (κ3) is 5.37. The Labute approximate surface area is 221 Å². The topological polar surface area (TPSA) is 62.8 Å². The molecule has 2 N–H and O–H groups in total. The fourth-order valence-electron chi connectivity index (χ4n) is 4.29. The van der Waals surface area contributed by atoms with Crippen molar-refractivity contribution in [2.45, 2.75) is 16.2 Å². The Hall–Kier alpha value is -4.10. The van der Waals surface area contributed by atoms with Crippen molar-refractivity contribution in [3.8, 4) is 11.5 Å². The van der Waals surface area contributed by atoms with Gasteiger partial charge in [-0.15, -0.1) is 0 Å². The highest BCUT2D eigenvalue weighted by Gasteiger charge is 2.21. The summed E-state index contributed by atoms with van der Waals surface area (Å²) < 4.78 is 10.8. The number of fused-ring (bicyclic) bond motifs is 2. The van der Waals surface area contributed by atoms with Gasteiger partial charge in [0.15, 0.2) is 11.5 Å². The molecular weight excluding hydrogens is 482 g/mol. The fourth-order valence-corrected chi connectivity index (χ4v) is 5.31. The first-order valence-corrected chi connectivity index (χ1v) is 12.9. The lowest BCUT2D eigenvalue weighted by Gasteiger charge is -2.23. The van der Waals surface area contributed by atoms with Gasteiger partial charge in [0, 0.05) is 40.8 Å². The number of rotatable bonds is 8. The van der Waals surface area contributed by atoms with E-state index in [4.69, 9.17) is 9.47 Å². The molecule has 0 saturated heterocycles. The molecule has 4 aromatic rings. The van der Waals surface area contributed by atoms with E-state index in [1.807, 2.05) is 66.7 Å². The number of carbonyl (C=O) groups is 1.